The van der Waals surface area contributed by atoms with E-state index in [2.05, 4.69) is 0 Å². The van der Waals surface area contributed by atoms with Gasteiger partial charge in [-0.25, -0.2) is 0 Å². The molecule has 31 heavy (non-hydrogen) atoms. The normalized spacial score (nSPS) is 16.1. The summed E-state index contributed by atoms with van der Waals surface area (Å²) in [5.74, 6) is 0.932. The first-order chi connectivity index (χ1) is 14.7. The van der Waals surface area contributed by atoms with Gasteiger partial charge in [0.25, 0.3) is 0 Å². The summed E-state index contributed by atoms with van der Waals surface area (Å²) < 4.78 is 55.7. The van der Waals surface area contributed by atoms with E-state index in [4.69, 9.17) is 14.2 Å². The molecular weight excluding hydrogens is 411 g/mol. The molecule has 0 aliphatic carbocycles. The zero-order chi connectivity index (χ0) is 22.8. The predicted molar refractivity (Wildman–Crippen MR) is 109 cm³/mol. The van der Waals surface area contributed by atoms with Crippen molar-refractivity contribution in [3.63, 3.8) is 0 Å². The van der Waals surface area contributed by atoms with E-state index >= 15 is 0 Å². The number of hydrogen-bond acceptors (Lipinski definition) is 4. The lowest BCUT2D eigenvalue weighted by Crippen LogP contribution is -2.44. The number of fused-ring (bicyclic) bond motifs is 1. The number of carbonyl (C=O) groups is 1. The van der Waals surface area contributed by atoms with Crippen LogP contribution in [-0.2, 0) is 17.4 Å². The van der Waals surface area contributed by atoms with E-state index in [1.807, 2.05) is 26.0 Å². The summed E-state index contributed by atoms with van der Waals surface area (Å²) in [6.07, 6.45) is -3.82. The molecule has 0 saturated carbocycles. The highest BCUT2D eigenvalue weighted by atomic mass is 19.4. The Balaban J connectivity index is 1.95. The second kappa shape index (κ2) is 9.08. The quantitative estimate of drug-likeness (QED) is 0.646. The van der Waals surface area contributed by atoms with Gasteiger partial charge in [0.15, 0.2) is 11.5 Å². The van der Waals surface area contributed by atoms with E-state index in [1.54, 1.807) is 12.0 Å². The minimum Gasteiger partial charge on any atom is -0.493 e. The van der Waals surface area contributed by atoms with E-state index in [9.17, 15) is 18.0 Å². The number of hydrogen-bond donors (Lipinski definition) is 0. The molecule has 3 rings (SSSR count). The largest absolute Gasteiger partial charge is 0.493 e. The number of nitrogens with zero attached hydrogens (tertiary/aromatic N) is 1. The number of benzene rings is 2. The molecule has 2 aromatic rings. The Morgan fingerprint density at radius 1 is 1.13 bits per heavy atom. The number of ether oxygens (including phenoxy) is 3. The first kappa shape index (κ1) is 22.8. The second-order valence-corrected chi connectivity index (χ2v) is 7.69. The van der Waals surface area contributed by atoms with E-state index in [0.717, 1.165) is 23.3 Å². The van der Waals surface area contributed by atoms with E-state index in [1.165, 1.54) is 19.2 Å². The molecule has 1 atom stereocenters. The number of carbonyl (C=O) groups excluding carboxylic acids is 1. The van der Waals surface area contributed by atoms with Crippen LogP contribution in [0.5, 0.6) is 17.2 Å². The van der Waals surface area contributed by atoms with Crippen molar-refractivity contribution in [2.45, 2.75) is 32.5 Å². The molecular formula is C23H26F3NO4. The van der Waals surface area contributed by atoms with Gasteiger partial charge in [-0.3, -0.25) is 4.79 Å². The summed E-state index contributed by atoms with van der Waals surface area (Å²) in [6.45, 7) is 4.13. The molecule has 8 heteroatoms. The van der Waals surface area contributed by atoms with Crippen LogP contribution in [0.15, 0.2) is 36.4 Å². The molecule has 0 spiro atoms. The fourth-order valence-corrected chi connectivity index (χ4v) is 3.74. The fraction of sp³-hybridized carbons (Fsp3) is 0.435. The maximum Gasteiger partial charge on any atom is 0.416 e. The van der Waals surface area contributed by atoms with Crippen molar-refractivity contribution in [1.82, 2.24) is 4.90 Å². The Labute approximate surface area is 179 Å². The number of amides is 1. The molecule has 0 aromatic heterocycles. The Bertz CT molecular complexity index is 943. The molecule has 0 fully saturated rings. The third-order valence-corrected chi connectivity index (χ3v) is 5.35. The maximum atomic E-state index is 13.0. The van der Waals surface area contributed by atoms with E-state index in [0.29, 0.717) is 24.5 Å². The van der Waals surface area contributed by atoms with Gasteiger partial charge in [0.05, 0.1) is 25.8 Å². The average molecular weight is 437 g/mol. The summed E-state index contributed by atoms with van der Waals surface area (Å²) >= 11 is 0. The lowest BCUT2D eigenvalue weighted by Gasteiger charge is -2.38. The third kappa shape index (κ3) is 4.89. The minimum absolute atomic E-state index is 0.0161. The van der Waals surface area contributed by atoms with Gasteiger partial charge in [-0.05, 0) is 47.9 Å². The van der Waals surface area contributed by atoms with Crippen LogP contribution in [-0.4, -0.2) is 38.2 Å². The molecule has 0 radical (unpaired) electrons. The first-order valence-corrected chi connectivity index (χ1v) is 10.0. The van der Waals surface area contributed by atoms with Crippen LogP contribution in [0.25, 0.3) is 0 Å². The Kier molecular flexibility index (Phi) is 6.67. The highest BCUT2D eigenvalue weighted by molar-refractivity contribution is 5.79. The average Bonchev–Trinajstić information content (AvgIpc) is 2.75. The van der Waals surface area contributed by atoms with Crippen LogP contribution in [0.4, 0.5) is 13.2 Å². The summed E-state index contributed by atoms with van der Waals surface area (Å²) in [7, 11) is 3.08. The molecule has 1 unspecified atom stereocenters. The van der Waals surface area contributed by atoms with Gasteiger partial charge in [0.1, 0.15) is 12.4 Å². The lowest BCUT2D eigenvalue weighted by molar-refractivity contribution is -0.138. The minimum atomic E-state index is -4.46. The third-order valence-electron chi connectivity index (χ3n) is 5.35. The van der Waals surface area contributed by atoms with Crippen LogP contribution < -0.4 is 14.2 Å². The van der Waals surface area contributed by atoms with Crippen molar-refractivity contribution in [1.29, 1.82) is 0 Å². The SMILES string of the molecule is COc1cc2c(cc1OC)C(COc1cccc(C(F)(F)F)c1)N(C(=O)C(C)C)CC2. The number of rotatable bonds is 6. The molecule has 0 N–H and O–H groups in total. The molecule has 1 aliphatic rings. The van der Waals surface area contributed by atoms with Crippen molar-refractivity contribution in [3.8, 4) is 17.2 Å². The van der Waals surface area contributed by atoms with Crippen LogP contribution >= 0.6 is 0 Å². The fourth-order valence-electron chi connectivity index (χ4n) is 3.74. The van der Waals surface area contributed by atoms with Crippen LogP contribution in [0, 0.1) is 5.92 Å². The Morgan fingerprint density at radius 2 is 1.81 bits per heavy atom. The lowest BCUT2D eigenvalue weighted by atomic mass is 9.91. The predicted octanol–water partition coefficient (Wildman–Crippen LogP) is 4.88. The summed E-state index contributed by atoms with van der Waals surface area (Å²) in [6, 6.07) is 7.96. The van der Waals surface area contributed by atoms with Gasteiger partial charge in [-0.1, -0.05) is 19.9 Å². The molecule has 0 bridgehead atoms. The summed E-state index contributed by atoms with van der Waals surface area (Å²) in [5, 5.41) is 0. The van der Waals surface area contributed by atoms with Crippen molar-refractivity contribution in [2.75, 3.05) is 27.4 Å². The molecule has 168 valence electrons. The highest BCUT2D eigenvalue weighted by Gasteiger charge is 2.34. The molecule has 0 saturated heterocycles. The zero-order valence-electron chi connectivity index (χ0n) is 18.0. The monoisotopic (exact) mass is 437 g/mol. The van der Waals surface area contributed by atoms with Crippen molar-refractivity contribution < 1.29 is 32.2 Å². The summed E-state index contributed by atoms with van der Waals surface area (Å²) in [4.78, 5) is 14.6. The van der Waals surface area contributed by atoms with Gasteiger partial charge >= 0.3 is 6.18 Å². The standard InChI is InChI=1S/C23H26F3NO4/c1-14(2)22(28)27-9-8-15-10-20(29-3)21(30-4)12-18(15)19(27)13-31-17-7-5-6-16(11-17)23(24,25)26/h5-7,10-12,14,19H,8-9,13H2,1-4H3. The molecule has 1 amide bonds. The smallest absolute Gasteiger partial charge is 0.416 e. The van der Waals surface area contributed by atoms with Crippen LogP contribution in [0.1, 0.15) is 36.6 Å². The molecule has 1 aliphatic heterocycles. The first-order valence-electron chi connectivity index (χ1n) is 10.0. The van der Waals surface area contributed by atoms with Gasteiger partial charge < -0.3 is 19.1 Å². The number of halogens is 3. The van der Waals surface area contributed by atoms with Gasteiger partial charge in [-0.2, -0.15) is 13.2 Å². The van der Waals surface area contributed by atoms with E-state index in [-0.39, 0.29) is 24.2 Å². The Hall–Kier alpha value is -2.90. The number of methoxy groups -OCH3 is 2. The highest BCUT2D eigenvalue weighted by Crippen LogP contribution is 2.39. The van der Waals surface area contributed by atoms with Crippen molar-refractivity contribution in [3.05, 3.63) is 53.1 Å². The van der Waals surface area contributed by atoms with Gasteiger partial charge in [0.2, 0.25) is 5.91 Å². The van der Waals surface area contributed by atoms with Crippen molar-refractivity contribution >= 4 is 5.91 Å². The zero-order valence-corrected chi connectivity index (χ0v) is 18.0. The van der Waals surface area contributed by atoms with E-state index < -0.39 is 17.8 Å². The molecule has 2 aromatic carbocycles. The summed E-state index contributed by atoms with van der Waals surface area (Å²) in [5.41, 5.74) is 1.04. The van der Waals surface area contributed by atoms with Crippen LogP contribution in [0.2, 0.25) is 0 Å². The van der Waals surface area contributed by atoms with Gasteiger partial charge in [-0.15, -0.1) is 0 Å². The van der Waals surface area contributed by atoms with Gasteiger partial charge in [0, 0.05) is 12.5 Å². The molecule has 1 heterocycles. The topological polar surface area (TPSA) is 48.0 Å². The molecule has 5 nitrogen and oxygen atoms in total. The maximum absolute atomic E-state index is 13.0. The Morgan fingerprint density at radius 3 is 2.42 bits per heavy atom. The van der Waals surface area contributed by atoms with Crippen molar-refractivity contribution in [2.24, 2.45) is 5.92 Å². The number of alkyl halides is 3. The second-order valence-electron chi connectivity index (χ2n) is 7.69. The van der Waals surface area contributed by atoms with Crippen LogP contribution in [0.3, 0.4) is 0 Å².